The van der Waals surface area contributed by atoms with Crippen LogP contribution in [0.25, 0.3) is 11.2 Å². The second-order valence-electron chi connectivity index (χ2n) is 3.98. The highest BCUT2D eigenvalue weighted by molar-refractivity contribution is 5.70. The maximum atomic E-state index is 5.69. The Kier molecular flexibility index (Phi) is 4.61. The zero-order valence-electron chi connectivity index (χ0n) is 10.9. The Labute approximate surface area is 110 Å². The first-order valence-corrected chi connectivity index (χ1v) is 5.77. The summed E-state index contributed by atoms with van der Waals surface area (Å²) in [5, 5.41) is 0. The van der Waals surface area contributed by atoms with Crippen LogP contribution in [0.4, 0.5) is 5.95 Å². The second kappa shape index (κ2) is 6.41. The van der Waals surface area contributed by atoms with E-state index in [1.54, 1.807) is 31.3 Å². The molecule has 0 spiro atoms. The summed E-state index contributed by atoms with van der Waals surface area (Å²) in [5.41, 5.74) is 6.81. The van der Waals surface area contributed by atoms with E-state index in [1.807, 2.05) is 0 Å². The molecule has 2 N–H and O–H groups in total. The monoisotopic (exact) mass is 267 g/mol. The third kappa shape index (κ3) is 3.37. The molecule has 0 saturated carbocycles. The molecule has 0 bridgehead atoms. The lowest BCUT2D eigenvalue weighted by atomic mass is 10.4. The first kappa shape index (κ1) is 13.7. The van der Waals surface area contributed by atoms with E-state index in [2.05, 4.69) is 15.0 Å². The number of ether oxygens (including phenoxy) is 3. The zero-order chi connectivity index (χ0) is 13.7. The van der Waals surface area contributed by atoms with Gasteiger partial charge in [-0.15, -0.1) is 0 Å². The van der Waals surface area contributed by atoms with Crippen LogP contribution in [-0.2, 0) is 20.9 Å². The van der Waals surface area contributed by atoms with E-state index in [-0.39, 0.29) is 12.1 Å². The quantitative estimate of drug-likeness (QED) is 0.756. The van der Waals surface area contributed by atoms with Crippen LogP contribution in [0.15, 0.2) is 12.5 Å². The fourth-order valence-electron chi connectivity index (χ4n) is 1.67. The van der Waals surface area contributed by atoms with Crippen LogP contribution < -0.4 is 5.73 Å². The lowest BCUT2D eigenvalue weighted by molar-refractivity contribution is -0.0657. The number of aromatic nitrogens is 4. The molecule has 0 aliphatic rings. The number of hydrogen-bond acceptors (Lipinski definition) is 7. The van der Waals surface area contributed by atoms with Gasteiger partial charge in [-0.2, -0.15) is 4.98 Å². The normalized spacial score (nSPS) is 11.5. The lowest BCUT2D eigenvalue weighted by Gasteiger charge is -2.16. The van der Waals surface area contributed by atoms with E-state index in [0.717, 1.165) is 5.52 Å². The van der Waals surface area contributed by atoms with Gasteiger partial charge >= 0.3 is 0 Å². The van der Waals surface area contributed by atoms with Gasteiger partial charge < -0.3 is 24.5 Å². The van der Waals surface area contributed by atoms with Crippen LogP contribution in [0.1, 0.15) is 0 Å². The van der Waals surface area contributed by atoms with E-state index in [0.29, 0.717) is 25.6 Å². The molecule has 19 heavy (non-hydrogen) atoms. The third-order valence-electron chi connectivity index (χ3n) is 2.55. The van der Waals surface area contributed by atoms with Gasteiger partial charge in [-0.1, -0.05) is 0 Å². The molecule has 0 fully saturated rings. The fourth-order valence-corrected chi connectivity index (χ4v) is 1.67. The first-order chi connectivity index (χ1) is 9.24. The van der Waals surface area contributed by atoms with Gasteiger partial charge in [0.15, 0.2) is 5.65 Å². The summed E-state index contributed by atoms with van der Waals surface area (Å²) in [7, 11) is 3.24. The standard InChI is InChI=1S/C11H17N5O3/c1-17-4-8(5-18-2)19-7-16-6-14-10-9(16)3-13-11(12)15-10/h3,6,8H,4-5,7H2,1-2H3,(H2,12,13,15). The second-order valence-corrected chi connectivity index (χ2v) is 3.98. The van der Waals surface area contributed by atoms with Crippen molar-refractivity contribution in [2.75, 3.05) is 33.2 Å². The number of anilines is 1. The van der Waals surface area contributed by atoms with Crippen LogP contribution in [0.5, 0.6) is 0 Å². The molecule has 2 aromatic heterocycles. The van der Waals surface area contributed by atoms with E-state index < -0.39 is 0 Å². The molecular formula is C11H17N5O3. The summed E-state index contributed by atoms with van der Waals surface area (Å²) >= 11 is 0. The topological polar surface area (TPSA) is 97.3 Å². The zero-order valence-corrected chi connectivity index (χ0v) is 10.9. The largest absolute Gasteiger partial charge is 0.382 e. The molecular weight excluding hydrogens is 250 g/mol. The number of nitrogens with two attached hydrogens (primary N) is 1. The SMILES string of the molecule is COCC(COC)OCn1cnc2nc(N)ncc21. The summed E-state index contributed by atoms with van der Waals surface area (Å²) in [4.78, 5) is 12.1. The predicted molar refractivity (Wildman–Crippen MR) is 68.4 cm³/mol. The van der Waals surface area contributed by atoms with Gasteiger partial charge in [-0.05, 0) is 0 Å². The van der Waals surface area contributed by atoms with E-state index >= 15 is 0 Å². The summed E-state index contributed by atoms with van der Waals surface area (Å²) < 4.78 is 17.6. The van der Waals surface area contributed by atoms with E-state index in [9.17, 15) is 0 Å². The van der Waals surface area contributed by atoms with E-state index in [1.165, 1.54) is 0 Å². The molecule has 0 aliphatic carbocycles. The number of hydrogen-bond donors (Lipinski definition) is 1. The minimum atomic E-state index is -0.137. The van der Waals surface area contributed by atoms with Crippen molar-refractivity contribution < 1.29 is 14.2 Å². The molecule has 0 unspecified atom stereocenters. The van der Waals surface area contributed by atoms with Crippen LogP contribution in [0.3, 0.4) is 0 Å². The Hall–Kier alpha value is -1.77. The summed E-state index contributed by atoms with van der Waals surface area (Å²) in [5.74, 6) is 0.204. The van der Waals surface area contributed by atoms with E-state index in [4.69, 9.17) is 19.9 Å². The van der Waals surface area contributed by atoms with Gasteiger partial charge in [0, 0.05) is 14.2 Å². The highest BCUT2D eigenvalue weighted by atomic mass is 16.6. The van der Waals surface area contributed by atoms with Crippen molar-refractivity contribution in [3.63, 3.8) is 0 Å². The average molecular weight is 267 g/mol. The highest BCUT2D eigenvalue weighted by Crippen LogP contribution is 2.10. The Bertz CT molecular complexity index is 524. The molecule has 0 aliphatic heterocycles. The molecule has 2 heterocycles. The number of rotatable bonds is 7. The molecule has 0 radical (unpaired) electrons. The minimum Gasteiger partial charge on any atom is -0.382 e. The van der Waals surface area contributed by atoms with Gasteiger partial charge in [0.05, 0.1) is 25.7 Å². The minimum absolute atomic E-state index is 0.137. The molecule has 0 amide bonds. The number of fused-ring (bicyclic) bond motifs is 1. The van der Waals surface area contributed by atoms with Crippen LogP contribution in [-0.4, -0.2) is 53.1 Å². The molecule has 0 aromatic carbocycles. The van der Waals surface area contributed by atoms with Gasteiger partial charge in [-0.3, -0.25) is 0 Å². The Morgan fingerprint density at radius 1 is 1.26 bits per heavy atom. The van der Waals surface area contributed by atoms with Gasteiger partial charge in [-0.25, -0.2) is 9.97 Å². The van der Waals surface area contributed by atoms with Gasteiger partial charge in [0.1, 0.15) is 18.4 Å². The Balaban J connectivity index is 2.04. The molecule has 104 valence electrons. The molecule has 2 aromatic rings. The van der Waals surface area contributed by atoms with Crippen molar-refractivity contribution in [2.45, 2.75) is 12.8 Å². The summed E-state index contributed by atoms with van der Waals surface area (Å²) in [6.45, 7) is 1.25. The number of nitrogens with zero attached hydrogens (tertiary/aromatic N) is 4. The lowest BCUT2D eigenvalue weighted by Crippen LogP contribution is -2.25. The molecule has 0 atom stereocenters. The fraction of sp³-hybridized carbons (Fsp3) is 0.545. The maximum Gasteiger partial charge on any atom is 0.222 e. The Morgan fingerprint density at radius 3 is 2.68 bits per heavy atom. The summed E-state index contributed by atoms with van der Waals surface area (Å²) in [6.07, 6.45) is 3.12. The van der Waals surface area contributed by atoms with Crippen LogP contribution in [0.2, 0.25) is 0 Å². The molecule has 2 rings (SSSR count). The number of methoxy groups -OCH3 is 2. The van der Waals surface area contributed by atoms with Crippen molar-refractivity contribution >= 4 is 17.1 Å². The van der Waals surface area contributed by atoms with Crippen molar-refractivity contribution in [2.24, 2.45) is 0 Å². The number of imidazole rings is 1. The van der Waals surface area contributed by atoms with Crippen LogP contribution >= 0.6 is 0 Å². The van der Waals surface area contributed by atoms with Crippen molar-refractivity contribution in [3.05, 3.63) is 12.5 Å². The summed E-state index contributed by atoms with van der Waals surface area (Å²) in [6, 6.07) is 0. The van der Waals surface area contributed by atoms with Gasteiger partial charge in [0.2, 0.25) is 5.95 Å². The predicted octanol–water partition coefficient (Wildman–Crippen LogP) is 0.0440. The molecule has 8 heteroatoms. The molecule has 0 saturated heterocycles. The third-order valence-corrected chi connectivity index (χ3v) is 2.55. The van der Waals surface area contributed by atoms with Crippen molar-refractivity contribution in [1.29, 1.82) is 0 Å². The smallest absolute Gasteiger partial charge is 0.222 e. The van der Waals surface area contributed by atoms with Crippen molar-refractivity contribution in [1.82, 2.24) is 19.5 Å². The van der Waals surface area contributed by atoms with Crippen molar-refractivity contribution in [3.8, 4) is 0 Å². The molecule has 8 nitrogen and oxygen atoms in total. The average Bonchev–Trinajstić information content (AvgIpc) is 2.78. The maximum absolute atomic E-state index is 5.69. The first-order valence-electron chi connectivity index (χ1n) is 5.77. The Morgan fingerprint density at radius 2 is 2.00 bits per heavy atom. The van der Waals surface area contributed by atoms with Gasteiger partial charge in [0.25, 0.3) is 0 Å². The van der Waals surface area contributed by atoms with Crippen LogP contribution in [0, 0.1) is 0 Å². The number of nitrogen functional groups attached to an aromatic ring is 1. The highest BCUT2D eigenvalue weighted by Gasteiger charge is 2.10.